The largest absolute Gasteiger partial charge is 0.487 e. The average Bonchev–Trinajstić information content (AvgIpc) is 3.10. The van der Waals surface area contributed by atoms with Gasteiger partial charge in [-0.15, -0.1) is 0 Å². The highest BCUT2D eigenvalue weighted by atomic mass is 16.7. The fourth-order valence-corrected chi connectivity index (χ4v) is 2.36. The van der Waals surface area contributed by atoms with E-state index in [2.05, 4.69) is 4.98 Å². The van der Waals surface area contributed by atoms with Crippen molar-refractivity contribution in [1.29, 1.82) is 0 Å². The minimum Gasteiger partial charge on any atom is -0.400 e. The lowest BCUT2D eigenvalue weighted by molar-refractivity contribution is 0.00578. The molecule has 0 aromatic carbocycles. The second-order valence-electron chi connectivity index (χ2n) is 7.09. The fraction of sp³-hybridized carbons (Fsp3) is 0.562. The van der Waals surface area contributed by atoms with Gasteiger partial charge in [-0.1, -0.05) is 12.0 Å². The molecule has 0 amide bonds. The van der Waals surface area contributed by atoms with Crippen LogP contribution in [0.3, 0.4) is 0 Å². The molecule has 2 aliphatic rings. The molecule has 3 rings (SSSR count). The molecule has 1 aliphatic heterocycles. The Kier molecular flexibility index (Phi) is 3.28. The first-order valence-corrected chi connectivity index (χ1v) is 7.52. The second-order valence-corrected chi connectivity index (χ2v) is 7.09. The summed E-state index contributed by atoms with van der Waals surface area (Å²) in [4.78, 5) is 4.62. The van der Waals surface area contributed by atoms with E-state index in [0.717, 1.165) is 24.2 Å². The summed E-state index contributed by atoms with van der Waals surface area (Å²) in [6.07, 6.45) is 3.98. The number of hydrogen-bond donors (Lipinski definition) is 1. The van der Waals surface area contributed by atoms with Gasteiger partial charge >= 0.3 is 7.12 Å². The van der Waals surface area contributed by atoms with Gasteiger partial charge in [0.15, 0.2) is 0 Å². The summed E-state index contributed by atoms with van der Waals surface area (Å²) in [5.74, 6) is 1.92. The molecule has 1 aromatic rings. The van der Waals surface area contributed by atoms with Crippen LogP contribution in [0, 0.1) is 0 Å². The zero-order chi connectivity index (χ0) is 15.3. The Labute approximate surface area is 126 Å². The topological polar surface area (TPSA) is 57.4 Å². The normalized spacial score (nSPS) is 25.5. The number of rotatable bonds is 3. The number of pyridine rings is 1. The van der Waals surface area contributed by atoms with Crippen molar-refractivity contribution in [2.75, 3.05) is 0 Å². The van der Waals surface area contributed by atoms with E-state index in [1.54, 1.807) is 0 Å². The highest BCUT2D eigenvalue weighted by Gasteiger charge is 2.50. The lowest BCUT2D eigenvalue weighted by Gasteiger charge is -2.32. The van der Waals surface area contributed by atoms with Gasteiger partial charge < -0.3 is 15.0 Å². The molecule has 0 atom stereocenters. The third-order valence-electron chi connectivity index (χ3n) is 4.77. The zero-order valence-electron chi connectivity index (χ0n) is 13.2. The van der Waals surface area contributed by atoms with E-state index < -0.39 is 0 Å². The predicted octanol–water partition coefficient (Wildman–Crippen LogP) is 2.67. The summed E-state index contributed by atoms with van der Waals surface area (Å²) in [6, 6.07) is 5.97. The van der Waals surface area contributed by atoms with Gasteiger partial charge in [-0.3, -0.25) is 4.98 Å². The lowest BCUT2D eigenvalue weighted by Crippen LogP contribution is -2.41. The summed E-state index contributed by atoms with van der Waals surface area (Å²) in [7, 11) is -0.340. The first-order chi connectivity index (χ1) is 9.72. The van der Waals surface area contributed by atoms with E-state index in [-0.39, 0.29) is 23.9 Å². The van der Waals surface area contributed by atoms with Crippen molar-refractivity contribution in [1.82, 2.24) is 4.98 Å². The standard InChI is InChI=1S/C16H23BN2O2/c1-14(2)15(3,4)21-17(20-14)11-8-12-6-5-7-13(19-12)16(18)9-10-16/h5-8,11H,9-10,18H2,1-4H3/b11-8+. The van der Waals surface area contributed by atoms with Crippen molar-refractivity contribution in [2.24, 2.45) is 5.73 Å². The maximum Gasteiger partial charge on any atom is 0.487 e. The SMILES string of the molecule is CC1(C)OB(/C=C/c2cccc(C3(N)CC3)n2)OC1(C)C. The third-order valence-corrected chi connectivity index (χ3v) is 4.77. The molecule has 2 N–H and O–H groups in total. The molecule has 0 radical (unpaired) electrons. The summed E-state index contributed by atoms with van der Waals surface area (Å²) in [5, 5.41) is 0. The second kappa shape index (κ2) is 4.67. The van der Waals surface area contributed by atoms with Gasteiger partial charge in [-0.25, -0.2) is 0 Å². The summed E-state index contributed by atoms with van der Waals surface area (Å²) in [5.41, 5.74) is 7.22. The molecule has 1 saturated heterocycles. The maximum absolute atomic E-state index is 6.19. The smallest absolute Gasteiger partial charge is 0.400 e. The van der Waals surface area contributed by atoms with Gasteiger partial charge in [-0.05, 0) is 58.7 Å². The first-order valence-electron chi connectivity index (χ1n) is 7.52. The average molecular weight is 286 g/mol. The van der Waals surface area contributed by atoms with Gasteiger partial charge in [0.25, 0.3) is 0 Å². The van der Waals surface area contributed by atoms with E-state index in [1.807, 2.05) is 57.9 Å². The zero-order valence-corrected chi connectivity index (χ0v) is 13.2. The Hall–Kier alpha value is -1.17. The molecule has 112 valence electrons. The van der Waals surface area contributed by atoms with Crippen LogP contribution in [0.4, 0.5) is 0 Å². The van der Waals surface area contributed by atoms with E-state index in [1.165, 1.54) is 0 Å². The van der Waals surface area contributed by atoms with Gasteiger partial charge in [0.2, 0.25) is 0 Å². The lowest BCUT2D eigenvalue weighted by atomic mass is 9.89. The summed E-state index contributed by atoms with van der Waals surface area (Å²) in [6.45, 7) is 8.19. The molecule has 0 unspecified atom stereocenters. The van der Waals surface area contributed by atoms with Gasteiger partial charge in [0.05, 0.1) is 28.1 Å². The number of nitrogens with two attached hydrogens (primary N) is 1. The molecule has 4 nitrogen and oxygen atoms in total. The van der Waals surface area contributed by atoms with E-state index in [0.29, 0.717) is 0 Å². The molecule has 1 aromatic heterocycles. The van der Waals surface area contributed by atoms with Crippen LogP contribution >= 0.6 is 0 Å². The minimum atomic E-state index is -0.340. The van der Waals surface area contributed by atoms with E-state index in [9.17, 15) is 0 Å². The predicted molar refractivity (Wildman–Crippen MR) is 84.5 cm³/mol. The van der Waals surface area contributed by atoms with Crippen molar-refractivity contribution in [3.05, 3.63) is 35.6 Å². The first kappa shape index (κ1) is 14.8. The van der Waals surface area contributed by atoms with Crippen LogP contribution in [0.25, 0.3) is 6.08 Å². The van der Waals surface area contributed by atoms with Crippen LogP contribution in [-0.4, -0.2) is 23.3 Å². The summed E-state index contributed by atoms with van der Waals surface area (Å²) < 4.78 is 11.9. The maximum atomic E-state index is 6.19. The van der Waals surface area contributed by atoms with Crippen molar-refractivity contribution >= 4 is 13.2 Å². The van der Waals surface area contributed by atoms with Crippen LogP contribution in [0.2, 0.25) is 0 Å². The van der Waals surface area contributed by atoms with E-state index in [4.69, 9.17) is 15.0 Å². The molecule has 1 saturated carbocycles. The van der Waals surface area contributed by atoms with Crippen molar-refractivity contribution < 1.29 is 9.31 Å². The Bertz CT molecular complexity index is 563. The highest BCUT2D eigenvalue weighted by Crippen LogP contribution is 2.41. The Morgan fingerprint density at radius 1 is 1.14 bits per heavy atom. The van der Waals surface area contributed by atoms with Gasteiger partial charge in [-0.2, -0.15) is 0 Å². The Morgan fingerprint density at radius 3 is 2.33 bits per heavy atom. The molecular formula is C16H23BN2O2. The molecule has 5 heteroatoms. The van der Waals surface area contributed by atoms with Crippen LogP contribution in [0.5, 0.6) is 0 Å². The molecule has 2 fully saturated rings. The van der Waals surface area contributed by atoms with Crippen molar-refractivity contribution in [2.45, 2.75) is 57.3 Å². The number of hydrogen-bond acceptors (Lipinski definition) is 4. The third kappa shape index (κ3) is 2.78. The quantitative estimate of drug-likeness (QED) is 0.868. The van der Waals surface area contributed by atoms with Crippen LogP contribution in [0.15, 0.2) is 24.2 Å². The Morgan fingerprint density at radius 2 is 1.76 bits per heavy atom. The molecule has 0 bridgehead atoms. The molecular weight excluding hydrogens is 263 g/mol. The molecule has 0 spiro atoms. The van der Waals surface area contributed by atoms with Crippen molar-refractivity contribution in [3.63, 3.8) is 0 Å². The Balaban J connectivity index is 1.73. The van der Waals surface area contributed by atoms with Crippen molar-refractivity contribution in [3.8, 4) is 0 Å². The molecule has 2 heterocycles. The molecule has 1 aliphatic carbocycles. The monoisotopic (exact) mass is 286 g/mol. The number of aromatic nitrogens is 1. The van der Waals surface area contributed by atoms with Crippen LogP contribution < -0.4 is 5.73 Å². The van der Waals surface area contributed by atoms with Crippen LogP contribution in [0.1, 0.15) is 51.9 Å². The van der Waals surface area contributed by atoms with Gasteiger partial charge in [0, 0.05) is 0 Å². The van der Waals surface area contributed by atoms with Crippen LogP contribution in [-0.2, 0) is 14.8 Å². The fourth-order valence-electron chi connectivity index (χ4n) is 2.36. The van der Waals surface area contributed by atoms with Gasteiger partial charge in [0.1, 0.15) is 0 Å². The highest BCUT2D eigenvalue weighted by molar-refractivity contribution is 6.52. The minimum absolute atomic E-state index is 0.200. The molecule has 21 heavy (non-hydrogen) atoms. The summed E-state index contributed by atoms with van der Waals surface area (Å²) >= 11 is 0. The van der Waals surface area contributed by atoms with E-state index >= 15 is 0 Å². The number of nitrogens with zero attached hydrogens (tertiary/aromatic N) is 1.